The van der Waals surface area contributed by atoms with Crippen molar-refractivity contribution in [2.45, 2.75) is 110 Å². The summed E-state index contributed by atoms with van der Waals surface area (Å²) in [6.07, 6.45) is 9.91. The van der Waals surface area contributed by atoms with Gasteiger partial charge in [-0.15, -0.1) is 22.7 Å². The first-order chi connectivity index (χ1) is 35.2. The Kier molecular flexibility index (Phi) is 18.7. The topological polar surface area (TPSA) is 119 Å². The van der Waals surface area contributed by atoms with E-state index in [1.807, 2.05) is 82.9 Å². The summed E-state index contributed by atoms with van der Waals surface area (Å²) in [5.41, 5.74) is 6.03. The summed E-state index contributed by atoms with van der Waals surface area (Å²) in [6, 6.07) is 35.5. The molecule has 4 aromatic carbocycles. The van der Waals surface area contributed by atoms with E-state index in [1.54, 1.807) is 22.7 Å². The fourth-order valence-electron chi connectivity index (χ4n) is 10.3. The number of thiazole rings is 2. The van der Waals surface area contributed by atoms with Crippen LogP contribution in [0.3, 0.4) is 0 Å². The van der Waals surface area contributed by atoms with Gasteiger partial charge in [0.15, 0.2) is 0 Å². The molecule has 0 saturated carbocycles. The molecule has 378 valence electrons. The van der Waals surface area contributed by atoms with Crippen molar-refractivity contribution in [2.75, 3.05) is 52.4 Å². The minimum Gasteiger partial charge on any atom is -0.341 e. The Morgan fingerprint density at radius 3 is 1.51 bits per heavy atom. The molecule has 0 aliphatic carbocycles. The van der Waals surface area contributed by atoms with Gasteiger partial charge in [0.1, 0.15) is 21.8 Å². The highest BCUT2D eigenvalue weighted by Gasteiger charge is 2.38. The van der Waals surface area contributed by atoms with Crippen LogP contribution in [0.25, 0.3) is 32.0 Å². The lowest BCUT2D eigenvalue weighted by atomic mass is 9.91. The molecule has 2 aliphatic heterocycles. The van der Waals surface area contributed by atoms with E-state index in [2.05, 4.69) is 91.3 Å². The summed E-state index contributed by atoms with van der Waals surface area (Å²) < 4.78 is 0. The molecule has 3 amide bonds. The van der Waals surface area contributed by atoms with Gasteiger partial charge < -0.3 is 24.9 Å². The van der Waals surface area contributed by atoms with Crippen LogP contribution in [-0.4, -0.2) is 105 Å². The second kappa shape index (κ2) is 25.7. The normalized spacial score (nSPS) is 16.6. The van der Waals surface area contributed by atoms with Crippen molar-refractivity contribution in [1.82, 2.24) is 34.9 Å². The number of aromatic nitrogens is 2. The molecule has 4 heterocycles. The van der Waals surface area contributed by atoms with Crippen LogP contribution in [0.5, 0.6) is 0 Å². The van der Waals surface area contributed by atoms with Gasteiger partial charge in [0.25, 0.3) is 0 Å². The molecule has 2 aliphatic rings. The summed E-state index contributed by atoms with van der Waals surface area (Å²) in [6.45, 7) is 15.4. The number of carbonyl (C=O) groups is 4. The molecule has 1 N–H and O–H groups in total. The van der Waals surface area contributed by atoms with Gasteiger partial charge in [0.05, 0.1) is 27.8 Å². The fourth-order valence-corrected chi connectivity index (χ4v) is 12.5. The molecule has 13 heteroatoms. The number of Topliss-reactive ketones (excluding diaryl/α,β-unsaturated/α-hetero) is 1. The van der Waals surface area contributed by atoms with Gasteiger partial charge >= 0.3 is 0 Å². The number of carbonyl (C=O) groups excluding carboxylic acids is 4. The lowest BCUT2D eigenvalue weighted by Gasteiger charge is -2.29. The Morgan fingerprint density at radius 2 is 1.03 bits per heavy atom. The Morgan fingerprint density at radius 1 is 0.583 bits per heavy atom. The summed E-state index contributed by atoms with van der Waals surface area (Å²) in [4.78, 5) is 75.8. The molecule has 11 nitrogen and oxygen atoms in total. The molecular formula is C59H71N7O4S2. The van der Waals surface area contributed by atoms with Crippen LogP contribution in [0.1, 0.15) is 131 Å². The third-order valence-corrected chi connectivity index (χ3v) is 16.9. The minimum absolute atomic E-state index is 0.0173. The highest BCUT2D eigenvalue weighted by atomic mass is 32.1. The van der Waals surface area contributed by atoms with E-state index in [9.17, 15) is 19.2 Å². The lowest BCUT2D eigenvalue weighted by Crippen LogP contribution is -2.42. The van der Waals surface area contributed by atoms with E-state index in [1.165, 1.54) is 0 Å². The van der Waals surface area contributed by atoms with Crippen LogP contribution in [0, 0.1) is 0 Å². The van der Waals surface area contributed by atoms with E-state index < -0.39 is 12.0 Å². The number of hydrogen-bond donors (Lipinski definition) is 1. The predicted octanol–water partition coefficient (Wildman–Crippen LogP) is 11.8. The number of rotatable bonds is 24. The van der Waals surface area contributed by atoms with Crippen molar-refractivity contribution < 1.29 is 19.2 Å². The van der Waals surface area contributed by atoms with Crippen LogP contribution in [-0.2, 0) is 19.2 Å². The number of likely N-dealkylation sites (tertiary alicyclic amines) is 2. The average molecular weight is 1010 g/mol. The average Bonchev–Trinajstić information content (AvgIpc) is 4.28. The zero-order valence-corrected chi connectivity index (χ0v) is 44.1. The Hall–Kier alpha value is -5.86. The molecule has 2 saturated heterocycles. The first-order valence-corrected chi connectivity index (χ1v) is 27.9. The molecule has 0 radical (unpaired) electrons. The van der Waals surface area contributed by atoms with E-state index >= 15 is 0 Å². The summed E-state index contributed by atoms with van der Waals surface area (Å²) in [5, 5.41) is 4.94. The van der Waals surface area contributed by atoms with Crippen LogP contribution >= 0.6 is 22.7 Å². The third kappa shape index (κ3) is 13.0. The minimum atomic E-state index is -0.755. The van der Waals surface area contributed by atoms with E-state index in [-0.39, 0.29) is 42.0 Å². The first kappa shape index (κ1) is 52.5. The fraction of sp³-hybridized carbons (Fsp3) is 0.424. The lowest BCUT2D eigenvalue weighted by molar-refractivity contribution is -0.137. The molecule has 4 atom stereocenters. The third-order valence-electron chi connectivity index (χ3n) is 14.6. The zero-order chi connectivity index (χ0) is 50.4. The summed E-state index contributed by atoms with van der Waals surface area (Å²) in [7, 11) is 0. The van der Waals surface area contributed by atoms with Crippen molar-refractivity contribution in [3.63, 3.8) is 0 Å². The maximum Gasteiger partial charge on any atom is 0.250 e. The van der Waals surface area contributed by atoms with Crippen molar-refractivity contribution in [3.05, 3.63) is 143 Å². The van der Waals surface area contributed by atoms with Crippen molar-refractivity contribution in [3.8, 4) is 32.0 Å². The Labute approximate surface area is 434 Å². The van der Waals surface area contributed by atoms with E-state index in [4.69, 9.17) is 9.97 Å². The Bertz CT molecular complexity index is 2500. The van der Waals surface area contributed by atoms with Crippen molar-refractivity contribution >= 4 is 46.2 Å². The number of benzene rings is 4. The molecule has 2 aromatic heterocycles. The highest BCUT2D eigenvalue weighted by Crippen LogP contribution is 2.41. The predicted molar refractivity (Wildman–Crippen MR) is 292 cm³/mol. The highest BCUT2D eigenvalue weighted by molar-refractivity contribution is 7.15. The number of nitrogens with one attached hydrogen (secondary N) is 1. The smallest absolute Gasteiger partial charge is 0.250 e. The van der Waals surface area contributed by atoms with E-state index in [0.717, 1.165) is 131 Å². The van der Waals surface area contributed by atoms with Crippen LogP contribution in [0.15, 0.2) is 122 Å². The number of ketones is 1. The quantitative estimate of drug-likeness (QED) is 0.0637. The van der Waals surface area contributed by atoms with Crippen LogP contribution in [0.2, 0.25) is 0 Å². The van der Waals surface area contributed by atoms with Gasteiger partial charge in [-0.3, -0.25) is 19.2 Å². The first-order valence-electron chi connectivity index (χ1n) is 26.3. The van der Waals surface area contributed by atoms with Gasteiger partial charge in [-0.2, -0.15) is 0 Å². The maximum atomic E-state index is 14.4. The summed E-state index contributed by atoms with van der Waals surface area (Å²) >= 11 is 3.27. The number of hydrogen-bond acceptors (Lipinski definition) is 10. The van der Waals surface area contributed by atoms with Gasteiger partial charge in [-0.25, -0.2) is 9.97 Å². The van der Waals surface area contributed by atoms with Crippen LogP contribution < -0.4 is 5.32 Å². The SMILES string of the molecule is CCN(CC)CCCC(=O)C[C@@H](C(=O)N1CCC[C@H]1c1ncc(-c2ccc(-c3ccc(-c4cnc([C@@H]5CCCN5C(=O)[C@H](NC(=O)CCCN(CC)CC)c5ccccc5)s4)cc3)cc2)s1)c1ccccc1. The van der Waals surface area contributed by atoms with Gasteiger partial charge in [-0.1, -0.05) is 137 Å². The van der Waals surface area contributed by atoms with E-state index in [0.29, 0.717) is 25.9 Å². The molecule has 6 aromatic rings. The molecule has 0 bridgehead atoms. The van der Waals surface area contributed by atoms with Crippen LogP contribution in [0.4, 0.5) is 0 Å². The zero-order valence-electron chi connectivity index (χ0n) is 42.5. The Balaban J connectivity index is 0.893. The molecule has 8 rings (SSSR count). The molecule has 72 heavy (non-hydrogen) atoms. The van der Waals surface area contributed by atoms with Gasteiger partial charge in [0.2, 0.25) is 17.7 Å². The largest absolute Gasteiger partial charge is 0.341 e. The molecular weight excluding hydrogens is 935 g/mol. The second-order valence-corrected chi connectivity index (χ2v) is 21.2. The molecule has 2 fully saturated rings. The number of amides is 3. The maximum absolute atomic E-state index is 14.4. The molecule has 0 spiro atoms. The number of nitrogens with zero attached hydrogens (tertiary/aromatic N) is 6. The monoisotopic (exact) mass is 1010 g/mol. The van der Waals surface area contributed by atoms with Crippen molar-refractivity contribution in [1.29, 1.82) is 0 Å². The molecule has 0 unspecified atom stereocenters. The second-order valence-electron chi connectivity index (χ2n) is 19.0. The summed E-state index contributed by atoms with van der Waals surface area (Å²) in [5.74, 6) is -0.549. The van der Waals surface area contributed by atoms with Crippen molar-refractivity contribution in [2.24, 2.45) is 0 Å². The van der Waals surface area contributed by atoms with Gasteiger partial charge in [0, 0.05) is 44.7 Å². The van der Waals surface area contributed by atoms with Gasteiger partial charge in [-0.05, 0) is 111 Å². The standard InChI is InChI=1S/C59H71N7O4S2/c1-5-63(6-2)35-15-23-48(67)39-49(44-19-11-9-12-20-44)58(69)65-37-16-24-50(65)56-60-40-52(71-56)45-31-27-42(28-32-45)43-29-33-46(34-30-43)53-41-61-57(72-53)51-25-17-38-66(51)59(70)55(47-21-13-10-14-22-47)62-54(68)26-18-36-64(7-3)8-4/h9-14,19-22,27-34,40-41,49-51,55H,5-8,15-18,23-26,35-39H2,1-4H3,(H,62,68)/t49-,50+,51+,55-/m1/s1.